The molecule has 4 heteroatoms. The fraction of sp³-hybridized carbons (Fsp3) is 0.571. The van der Waals surface area contributed by atoms with Gasteiger partial charge in [-0.25, -0.2) is 4.39 Å². The third-order valence-electron chi connectivity index (χ3n) is 2.57. The highest BCUT2D eigenvalue weighted by atomic mass is 79.9. The molecule has 0 aliphatic carbocycles. The molecule has 0 saturated carbocycles. The van der Waals surface area contributed by atoms with Crippen molar-refractivity contribution in [1.29, 1.82) is 0 Å². The largest absolute Gasteiger partial charge is 0.492 e. The Kier molecular flexibility index (Phi) is 7.28. The van der Waals surface area contributed by atoms with Crippen LogP contribution in [0, 0.1) is 11.7 Å². The Hall–Kier alpha value is -0.610. The quantitative estimate of drug-likeness (QED) is 0.732. The highest BCUT2D eigenvalue weighted by Gasteiger charge is 2.01. The number of benzene rings is 1. The van der Waals surface area contributed by atoms with Gasteiger partial charge in [-0.1, -0.05) is 13.8 Å². The minimum Gasteiger partial charge on any atom is -0.492 e. The molecule has 2 nitrogen and oxygen atoms in total. The van der Waals surface area contributed by atoms with Crippen LogP contribution in [0.25, 0.3) is 0 Å². The van der Waals surface area contributed by atoms with Crippen LogP contribution in [0.15, 0.2) is 22.7 Å². The molecule has 1 rings (SSSR count). The zero-order valence-corrected chi connectivity index (χ0v) is 12.6. The summed E-state index contributed by atoms with van der Waals surface area (Å²) >= 11 is 3.11. The summed E-state index contributed by atoms with van der Waals surface area (Å²) in [6, 6.07) is 4.80. The normalized spacial score (nSPS) is 10.9. The first kappa shape index (κ1) is 15.4. The second-order valence-electron chi connectivity index (χ2n) is 4.71. The molecule has 1 aromatic rings. The second-order valence-corrected chi connectivity index (χ2v) is 5.56. The monoisotopic (exact) mass is 317 g/mol. The molecule has 0 spiro atoms. The molecular formula is C14H21BrFNO. The van der Waals surface area contributed by atoms with Crippen LogP contribution in [-0.2, 0) is 0 Å². The maximum Gasteiger partial charge on any atom is 0.141 e. The third-order valence-corrected chi connectivity index (χ3v) is 3.22. The summed E-state index contributed by atoms with van der Waals surface area (Å²) < 4.78 is 19.1. The van der Waals surface area contributed by atoms with E-state index in [-0.39, 0.29) is 5.82 Å². The Bertz CT molecular complexity index is 358. The number of rotatable bonds is 8. The molecule has 0 aromatic heterocycles. The van der Waals surface area contributed by atoms with Gasteiger partial charge >= 0.3 is 0 Å². The topological polar surface area (TPSA) is 21.3 Å². The molecule has 18 heavy (non-hydrogen) atoms. The van der Waals surface area contributed by atoms with Crippen LogP contribution in [0.3, 0.4) is 0 Å². The van der Waals surface area contributed by atoms with Crippen LogP contribution in [0.4, 0.5) is 4.39 Å². The lowest BCUT2D eigenvalue weighted by molar-refractivity contribution is 0.311. The zero-order chi connectivity index (χ0) is 13.4. The predicted octanol–water partition coefficient (Wildman–Crippen LogP) is 3.99. The van der Waals surface area contributed by atoms with Crippen molar-refractivity contribution >= 4 is 15.9 Å². The van der Waals surface area contributed by atoms with Gasteiger partial charge < -0.3 is 10.1 Å². The number of hydrogen-bond donors (Lipinski definition) is 1. The van der Waals surface area contributed by atoms with E-state index in [4.69, 9.17) is 4.74 Å². The molecule has 0 aliphatic heterocycles. The summed E-state index contributed by atoms with van der Waals surface area (Å²) in [7, 11) is 0. The minimum absolute atomic E-state index is 0.294. The molecule has 0 aliphatic rings. The van der Waals surface area contributed by atoms with Crippen LogP contribution in [0.5, 0.6) is 5.75 Å². The van der Waals surface area contributed by atoms with Crippen molar-refractivity contribution < 1.29 is 9.13 Å². The van der Waals surface area contributed by atoms with E-state index in [2.05, 4.69) is 35.1 Å². The first-order valence-electron chi connectivity index (χ1n) is 6.38. The lowest BCUT2D eigenvalue weighted by Gasteiger charge is -2.08. The van der Waals surface area contributed by atoms with Crippen LogP contribution in [-0.4, -0.2) is 19.7 Å². The number of halogens is 2. The molecule has 0 atom stereocenters. The van der Waals surface area contributed by atoms with Crippen LogP contribution < -0.4 is 10.1 Å². The molecule has 0 heterocycles. The summed E-state index contributed by atoms with van der Waals surface area (Å²) in [6.07, 6.45) is 2.43. The Morgan fingerprint density at radius 1 is 1.33 bits per heavy atom. The Balaban J connectivity index is 2.09. The van der Waals surface area contributed by atoms with Crippen LogP contribution in [0.2, 0.25) is 0 Å². The highest BCUT2D eigenvalue weighted by Crippen LogP contribution is 2.20. The van der Waals surface area contributed by atoms with Crippen molar-refractivity contribution in [2.24, 2.45) is 5.92 Å². The number of ether oxygens (including phenoxy) is 1. The van der Waals surface area contributed by atoms with Crippen LogP contribution in [0.1, 0.15) is 26.7 Å². The van der Waals surface area contributed by atoms with E-state index in [0.29, 0.717) is 16.8 Å². The van der Waals surface area contributed by atoms with Gasteiger partial charge in [0.25, 0.3) is 0 Å². The lowest BCUT2D eigenvalue weighted by Crippen LogP contribution is -2.22. The molecule has 0 bridgehead atoms. The smallest absolute Gasteiger partial charge is 0.141 e. The van der Waals surface area contributed by atoms with Crippen molar-refractivity contribution in [3.8, 4) is 5.75 Å². The molecule has 1 N–H and O–H groups in total. The van der Waals surface area contributed by atoms with Crippen molar-refractivity contribution in [2.45, 2.75) is 26.7 Å². The Morgan fingerprint density at radius 3 is 2.78 bits per heavy atom. The first-order valence-corrected chi connectivity index (χ1v) is 7.17. The minimum atomic E-state index is -0.294. The van der Waals surface area contributed by atoms with Crippen molar-refractivity contribution in [3.05, 3.63) is 28.5 Å². The van der Waals surface area contributed by atoms with Crippen molar-refractivity contribution in [2.75, 3.05) is 19.7 Å². The molecule has 0 amide bonds. The van der Waals surface area contributed by atoms with E-state index < -0.39 is 0 Å². The molecule has 0 fully saturated rings. The SMILES string of the molecule is CC(C)CCCNCCOc1ccc(Br)c(F)c1. The van der Waals surface area contributed by atoms with Gasteiger partial charge in [-0.3, -0.25) is 0 Å². The average Bonchev–Trinajstić information content (AvgIpc) is 2.32. The third kappa shape index (κ3) is 6.36. The van der Waals surface area contributed by atoms with Gasteiger partial charge in [-0.15, -0.1) is 0 Å². The standard InChI is InChI=1S/C14H21BrFNO/c1-11(2)4-3-7-17-8-9-18-12-5-6-13(15)14(16)10-12/h5-6,10-11,17H,3-4,7-9H2,1-2H3. The van der Waals surface area contributed by atoms with Crippen molar-refractivity contribution in [1.82, 2.24) is 5.32 Å². The van der Waals surface area contributed by atoms with E-state index in [1.807, 2.05) is 0 Å². The molecule has 0 saturated heterocycles. The van der Waals surface area contributed by atoms with Crippen molar-refractivity contribution in [3.63, 3.8) is 0 Å². The maximum absolute atomic E-state index is 13.2. The molecular weight excluding hydrogens is 297 g/mol. The van der Waals surface area contributed by atoms with Gasteiger partial charge in [0.05, 0.1) is 4.47 Å². The highest BCUT2D eigenvalue weighted by molar-refractivity contribution is 9.10. The predicted molar refractivity (Wildman–Crippen MR) is 76.5 cm³/mol. The van der Waals surface area contributed by atoms with Crippen LogP contribution >= 0.6 is 15.9 Å². The van der Waals surface area contributed by atoms with E-state index in [9.17, 15) is 4.39 Å². The number of hydrogen-bond acceptors (Lipinski definition) is 2. The molecule has 0 unspecified atom stereocenters. The fourth-order valence-electron chi connectivity index (χ4n) is 1.57. The van der Waals surface area contributed by atoms with E-state index in [0.717, 1.165) is 19.0 Å². The summed E-state index contributed by atoms with van der Waals surface area (Å²) in [4.78, 5) is 0. The average molecular weight is 318 g/mol. The summed E-state index contributed by atoms with van der Waals surface area (Å²) in [5, 5.41) is 3.31. The maximum atomic E-state index is 13.2. The van der Waals surface area contributed by atoms with E-state index in [1.54, 1.807) is 12.1 Å². The molecule has 102 valence electrons. The molecule has 1 aromatic carbocycles. The van der Waals surface area contributed by atoms with E-state index >= 15 is 0 Å². The van der Waals surface area contributed by atoms with Gasteiger partial charge in [0, 0.05) is 12.6 Å². The summed E-state index contributed by atoms with van der Waals surface area (Å²) in [5.41, 5.74) is 0. The molecule has 0 radical (unpaired) electrons. The van der Waals surface area contributed by atoms with Gasteiger partial charge in [0.15, 0.2) is 0 Å². The van der Waals surface area contributed by atoms with Gasteiger partial charge in [-0.2, -0.15) is 0 Å². The zero-order valence-electron chi connectivity index (χ0n) is 11.0. The Morgan fingerprint density at radius 2 is 2.11 bits per heavy atom. The van der Waals surface area contributed by atoms with Gasteiger partial charge in [0.2, 0.25) is 0 Å². The fourth-order valence-corrected chi connectivity index (χ4v) is 1.81. The van der Waals surface area contributed by atoms with Gasteiger partial charge in [-0.05, 0) is 53.4 Å². The van der Waals surface area contributed by atoms with E-state index in [1.165, 1.54) is 18.9 Å². The van der Waals surface area contributed by atoms with Gasteiger partial charge in [0.1, 0.15) is 18.2 Å². The Labute approximate surface area is 117 Å². The summed E-state index contributed by atoms with van der Waals surface area (Å²) in [5.74, 6) is 1.03. The summed E-state index contributed by atoms with van der Waals surface area (Å²) in [6.45, 7) is 6.81. The first-order chi connectivity index (χ1) is 8.59. The second kappa shape index (κ2) is 8.48. The number of nitrogens with one attached hydrogen (secondary N) is 1. The lowest BCUT2D eigenvalue weighted by atomic mass is 10.1.